The van der Waals surface area contributed by atoms with E-state index in [4.69, 9.17) is 5.11 Å². The summed E-state index contributed by atoms with van der Waals surface area (Å²) in [5.41, 5.74) is 0. The molecule has 21 heavy (non-hydrogen) atoms. The molecule has 4 atom stereocenters. The second-order valence-corrected chi connectivity index (χ2v) is 6.95. The summed E-state index contributed by atoms with van der Waals surface area (Å²) in [6, 6.07) is 0.348. The van der Waals surface area contributed by atoms with E-state index in [9.17, 15) is 9.59 Å². The van der Waals surface area contributed by atoms with E-state index in [1.165, 1.54) is 6.42 Å². The molecule has 1 saturated heterocycles. The molecular weight excluding hydrogens is 268 g/mol. The van der Waals surface area contributed by atoms with E-state index in [0.29, 0.717) is 30.8 Å². The zero-order valence-electron chi connectivity index (χ0n) is 13.2. The van der Waals surface area contributed by atoms with Crippen LogP contribution in [0.5, 0.6) is 0 Å². The van der Waals surface area contributed by atoms with Gasteiger partial charge in [0.05, 0.1) is 0 Å². The van der Waals surface area contributed by atoms with Crippen LogP contribution in [0.2, 0.25) is 0 Å². The predicted molar refractivity (Wildman–Crippen MR) is 81.0 cm³/mol. The highest BCUT2D eigenvalue weighted by atomic mass is 16.4. The maximum absolute atomic E-state index is 12.3. The number of likely N-dealkylation sites (tertiary alicyclic amines) is 1. The molecule has 2 rings (SSSR count). The van der Waals surface area contributed by atoms with E-state index in [1.54, 1.807) is 0 Å². The maximum Gasteiger partial charge on any atom is 0.317 e. The van der Waals surface area contributed by atoms with Crippen LogP contribution in [0.15, 0.2) is 0 Å². The van der Waals surface area contributed by atoms with Crippen LogP contribution in [-0.4, -0.2) is 41.1 Å². The van der Waals surface area contributed by atoms with Crippen molar-refractivity contribution in [2.45, 2.75) is 58.4 Å². The van der Waals surface area contributed by atoms with Gasteiger partial charge in [-0.25, -0.2) is 4.79 Å². The summed E-state index contributed by atoms with van der Waals surface area (Å²) < 4.78 is 0. The number of nitrogens with zero attached hydrogens (tertiary/aromatic N) is 1. The quantitative estimate of drug-likeness (QED) is 0.838. The third-order valence-electron chi connectivity index (χ3n) is 5.27. The lowest BCUT2D eigenvalue weighted by Gasteiger charge is -2.33. The molecule has 5 nitrogen and oxygen atoms in total. The molecule has 5 heteroatoms. The van der Waals surface area contributed by atoms with Gasteiger partial charge in [-0.15, -0.1) is 0 Å². The summed E-state index contributed by atoms with van der Waals surface area (Å²) in [7, 11) is 0. The van der Waals surface area contributed by atoms with Crippen LogP contribution < -0.4 is 5.32 Å². The van der Waals surface area contributed by atoms with Crippen molar-refractivity contribution in [2.75, 3.05) is 13.1 Å². The van der Waals surface area contributed by atoms with Crippen LogP contribution in [0.1, 0.15) is 52.4 Å². The number of rotatable bonds is 4. The highest BCUT2D eigenvalue weighted by Gasteiger charge is 2.30. The Hall–Kier alpha value is -1.26. The first-order valence-corrected chi connectivity index (χ1v) is 8.23. The second kappa shape index (κ2) is 7.14. The number of carboxylic acids is 1. The van der Waals surface area contributed by atoms with Crippen molar-refractivity contribution >= 4 is 12.0 Å². The zero-order chi connectivity index (χ0) is 15.4. The van der Waals surface area contributed by atoms with Gasteiger partial charge in [0.25, 0.3) is 0 Å². The van der Waals surface area contributed by atoms with E-state index in [0.717, 1.165) is 31.7 Å². The minimum absolute atomic E-state index is 0.0413. The van der Waals surface area contributed by atoms with Gasteiger partial charge in [-0.2, -0.15) is 0 Å². The monoisotopic (exact) mass is 296 g/mol. The minimum Gasteiger partial charge on any atom is -0.481 e. The van der Waals surface area contributed by atoms with E-state index in [1.807, 2.05) is 4.90 Å². The summed E-state index contributed by atoms with van der Waals surface area (Å²) in [5, 5.41) is 11.9. The second-order valence-electron chi connectivity index (χ2n) is 6.95. The molecule has 2 amide bonds. The fourth-order valence-electron chi connectivity index (χ4n) is 3.52. The molecule has 1 saturated carbocycles. The normalized spacial score (nSPS) is 33.0. The molecule has 0 aromatic carbocycles. The van der Waals surface area contributed by atoms with Crippen molar-refractivity contribution < 1.29 is 14.7 Å². The van der Waals surface area contributed by atoms with Crippen LogP contribution in [0, 0.1) is 17.8 Å². The van der Waals surface area contributed by atoms with Crippen molar-refractivity contribution in [1.29, 1.82) is 0 Å². The van der Waals surface area contributed by atoms with Crippen molar-refractivity contribution in [3.63, 3.8) is 0 Å². The van der Waals surface area contributed by atoms with Crippen molar-refractivity contribution in [1.82, 2.24) is 10.2 Å². The highest BCUT2D eigenvalue weighted by molar-refractivity contribution is 5.74. The minimum atomic E-state index is -0.747. The van der Waals surface area contributed by atoms with Crippen LogP contribution in [0.4, 0.5) is 4.79 Å². The van der Waals surface area contributed by atoms with Gasteiger partial charge in [-0.05, 0) is 49.9 Å². The van der Waals surface area contributed by atoms with Crippen molar-refractivity contribution in [3.05, 3.63) is 0 Å². The first-order valence-electron chi connectivity index (χ1n) is 8.23. The van der Waals surface area contributed by atoms with E-state index >= 15 is 0 Å². The molecule has 1 aliphatic carbocycles. The van der Waals surface area contributed by atoms with Crippen LogP contribution >= 0.6 is 0 Å². The van der Waals surface area contributed by atoms with Crippen molar-refractivity contribution in [2.24, 2.45) is 17.8 Å². The lowest BCUT2D eigenvalue weighted by Crippen LogP contribution is -2.46. The van der Waals surface area contributed by atoms with Gasteiger partial charge in [0.15, 0.2) is 0 Å². The van der Waals surface area contributed by atoms with Crippen molar-refractivity contribution in [3.8, 4) is 0 Å². The smallest absolute Gasteiger partial charge is 0.317 e. The number of hydrogen-bond donors (Lipinski definition) is 2. The lowest BCUT2D eigenvalue weighted by atomic mass is 9.79. The number of carbonyl (C=O) groups excluding carboxylic acids is 1. The summed E-state index contributed by atoms with van der Waals surface area (Å²) in [6.45, 7) is 6.02. The molecule has 0 spiro atoms. The first-order chi connectivity index (χ1) is 9.95. The van der Waals surface area contributed by atoms with Gasteiger partial charge < -0.3 is 15.3 Å². The van der Waals surface area contributed by atoms with E-state index < -0.39 is 5.97 Å². The topological polar surface area (TPSA) is 69.6 Å². The number of nitrogens with one attached hydrogen (secondary N) is 1. The maximum atomic E-state index is 12.3. The van der Waals surface area contributed by atoms with Gasteiger partial charge in [0.1, 0.15) is 0 Å². The Morgan fingerprint density at radius 3 is 2.62 bits per heavy atom. The Labute approximate surface area is 127 Å². The molecular formula is C16H28N2O3. The largest absolute Gasteiger partial charge is 0.481 e. The van der Waals surface area contributed by atoms with E-state index in [2.05, 4.69) is 19.2 Å². The van der Waals surface area contributed by atoms with Gasteiger partial charge >= 0.3 is 12.0 Å². The third kappa shape index (κ3) is 4.61. The molecule has 1 aliphatic heterocycles. The number of aliphatic carboxylic acids is 1. The number of carboxylic acid groups (broad SMARTS) is 1. The lowest BCUT2D eigenvalue weighted by molar-refractivity contribution is -0.137. The van der Waals surface area contributed by atoms with Crippen LogP contribution in [-0.2, 0) is 4.79 Å². The summed E-state index contributed by atoms with van der Waals surface area (Å²) >= 11 is 0. The molecule has 2 aliphatic rings. The fourth-order valence-corrected chi connectivity index (χ4v) is 3.52. The van der Waals surface area contributed by atoms with E-state index in [-0.39, 0.29) is 12.5 Å². The number of carbonyl (C=O) groups is 2. The highest BCUT2D eigenvalue weighted by Crippen LogP contribution is 2.29. The van der Waals surface area contributed by atoms with Gasteiger partial charge in [0, 0.05) is 25.6 Å². The molecule has 0 radical (unpaired) electrons. The first kappa shape index (κ1) is 16.1. The average molecular weight is 296 g/mol. The number of hydrogen-bond acceptors (Lipinski definition) is 2. The molecule has 2 N–H and O–H groups in total. The number of urea groups is 1. The molecule has 120 valence electrons. The van der Waals surface area contributed by atoms with Gasteiger partial charge in [-0.3, -0.25) is 4.79 Å². The van der Waals surface area contributed by atoms with Gasteiger partial charge in [0.2, 0.25) is 0 Å². The van der Waals surface area contributed by atoms with Crippen LogP contribution in [0.25, 0.3) is 0 Å². The average Bonchev–Trinajstić information content (AvgIpc) is 2.89. The molecule has 2 fully saturated rings. The van der Waals surface area contributed by atoms with Crippen LogP contribution in [0.3, 0.4) is 0 Å². The fraction of sp³-hybridized carbons (Fsp3) is 0.875. The molecule has 0 aromatic rings. The Morgan fingerprint density at radius 2 is 1.95 bits per heavy atom. The molecule has 0 bridgehead atoms. The Bertz CT molecular complexity index is 386. The Balaban J connectivity index is 1.73. The van der Waals surface area contributed by atoms with Gasteiger partial charge in [-0.1, -0.05) is 13.8 Å². The SMILES string of the molecule is CC1CCC(NC(=O)N2CCC(CCC(=O)O)C2)CC1C. The molecule has 4 unspecified atom stereocenters. The molecule has 0 aromatic heterocycles. The number of amides is 2. The standard InChI is InChI=1S/C16H28N2O3/c1-11-3-5-14(9-12(11)2)17-16(21)18-8-7-13(10-18)4-6-15(19)20/h11-14H,3-10H2,1-2H3,(H,17,21)(H,19,20). The third-order valence-corrected chi connectivity index (χ3v) is 5.27. The molecule has 1 heterocycles. The summed E-state index contributed by atoms with van der Waals surface area (Å²) in [4.78, 5) is 24.7. The summed E-state index contributed by atoms with van der Waals surface area (Å²) in [5.74, 6) is 1.02. The summed E-state index contributed by atoms with van der Waals surface area (Å²) in [6.07, 6.45) is 5.15. The Morgan fingerprint density at radius 1 is 1.19 bits per heavy atom. The predicted octanol–water partition coefficient (Wildman–Crippen LogP) is 2.71. The Kier molecular flexibility index (Phi) is 5.48. The zero-order valence-corrected chi connectivity index (χ0v) is 13.2.